The number of benzene rings is 1. The van der Waals surface area contributed by atoms with Gasteiger partial charge in [-0.2, -0.15) is 0 Å². The van der Waals surface area contributed by atoms with E-state index in [1.54, 1.807) is 24.3 Å². The quantitative estimate of drug-likeness (QED) is 0.791. The molecule has 0 saturated heterocycles. The second-order valence-electron chi connectivity index (χ2n) is 5.14. The number of hydrogen-bond donors (Lipinski definition) is 2. The molecule has 21 heavy (non-hydrogen) atoms. The van der Waals surface area contributed by atoms with Crippen LogP contribution in [0.2, 0.25) is 5.02 Å². The fourth-order valence-corrected chi connectivity index (χ4v) is 2.59. The Morgan fingerprint density at radius 1 is 1.24 bits per heavy atom. The highest BCUT2D eigenvalue weighted by molar-refractivity contribution is 6.30. The zero-order chi connectivity index (χ0) is 15.2. The number of hydrogen-bond acceptors (Lipinski definition) is 3. The second kappa shape index (κ2) is 7.31. The minimum Gasteiger partial charge on any atom is -0.492 e. The van der Waals surface area contributed by atoms with Crippen molar-refractivity contribution in [2.45, 2.75) is 19.3 Å². The number of nitrogens with one attached hydrogen (secondary N) is 1. The number of carbonyl (C=O) groups is 2. The summed E-state index contributed by atoms with van der Waals surface area (Å²) in [6.07, 6.45) is 1.65. The van der Waals surface area contributed by atoms with Crippen LogP contribution in [0.5, 0.6) is 5.75 Å². The highest BCUT2D eigenvalue weighted by atomic mass is 35.5. The number of carboxylic acids is 1. The van der Waals surface area contributed by atoms with Gasteiger partial charge in [0, 0.05) is 10.9 Å². The van der Waals surface area contributed by atoms with Crippen LogP contribution in [-0.2, 0) is 9.59 Å². The van der Waals surface area contributed by atoms with E-state index in [0.717, 1.165) is 0 Å². The van der Waals surface area contributed by atoms with Crippen LogP contribution in [0.4, 0.5) is 0 Å². The van der Waals surface area contributed by atoms with Gasteiger partial charge in [-0.05, 0) is 43.5 Å². The van der Waals surface area contributed by atoms with E-state index in [4.69, 9.17) is 21.4 Å². The smallest absolute Gasteiger partial charge is 0.306 e. The highest BCUT2D eigenvalue weighted by Gasteiger charge is 2.33. The van der Waals surface area contributed by atoms with Crippen molar-refractivity contribution in [1.29, 1.82) is 0 Å². The Balaban J connectivity index is 1.66. The van der Waals surface area contributed by atoms with Gasteiger partial charge in [0.25, 0.3) is 0 Å². The number of carboxylic acid groups (broad SMARTS) is 1. The minimum atomic E-state index is -0.809. The first kappa shape index (κ1) is 15.6. The van der Waals surface area contributed by atoms with E-state index in [1.165, 1.54) is 0 Å². The third kappa shape index (κ3) is 4.63. The molecule has 2 rings (SSSR count). The minimum absolute atomic E-state index is 0.0848. The fourth-order valence-electron chi connectivity index (χ4n) is 2.46. The lowest BCUT2D eigenvalue weighted by Crippen LogP contribution is -2.33. The summed E-state index contributed by atoms with van der Waals surface area (Å²) in [4.78, 5) is 22.7. The summed E-state index contributed by atoms with van der Waals surface area (Å²) in [6, 6.07) is 7.00. The molecular formula is C15H18ClNO4. The molecule has 0 spiro atoms. The SMILES string of the molecule is O=C(O)[C@@H]1CC[C@H](C(=O)NCCOc2ccc(Cl)cc2)C1. The van der Waals surface area contributed by atoms with Gasteiger partial charge < -0.3 is 15.2 Å². The monoisotopic (exact) mass is 311 g/mol. The summed E-state index contributed by atoms with van der Waals surface area (Å²) >= 11 is 5.77. The van der Waals surface area contributed by atoms with Crippen molar-refractivity contribution in [2.24, 2.45) is 11.8 Å². The van der Waals surface area contributed by atoms with Crippen molar-refractivity contribution in [3.05, 3.63) is 29.3 Å². The van der Waals surface area contributed by atoms with Crippen LogP contribution in [0, 0.1) is 11.8 Å². The molecule has 0 aliphatic heterocycles. The molecule has 1 aliphatic carbocycles. The zero-order valence-corrected chi connectivity index (χ0v) is 12.3. The average Bonchev–Trinajstić information content (AvgIpc) is 2.95. The fraction of sp³-hybridized carbons (Fsp3) is 0.467. The Kier molecular flexibility index (Phi) is 5.44. The number of amides is 1. The van der Waals surface area contributed by atoms with Gasteiger partial charge in [0.1, 0.15) is 12.4 Å². The van der Waals surface area contributed by atoms with E-state index in [-0.39, 0.29) is 17.7 Å². The van der Waals surface area contributed by atoms with E-state index in [9.17, 15) is 9.59 Å². The summed E-state index contributed by atoms with van der Waals surface area (Å²) in [5.41, 5.74) is 0. The van der Waals surface area contributed by atoms with Gasteiger partial charge in [-0.3, -0.25) is 9.59 Å². The molecule has 1 amide bonds. The van der Waals surface area contributed by atoms with Gasteiger partial charge in [-0.15, -0.1) is 0 Å². The Morgan fingerprint density at radius 2 is 1.90 bits per heavy atom. The molecule has 0 aromatic heterocycles. The summed E-state index contributed by atoms with van der Waals surface area (Å²) in [6.45, 7) is 0.762. The van der Waals surface area contributed by atoms with E-state index in [0.29, 0.717) is 43.2 Å². The van der Waals surface area contributed by atoms with Crippen molar-refractivity contribution < 1.29 is 19.4 Å². The molecule has 1 saturated carbocycles. The van der Waals surface area contributed by atoms with Crippen LogP contribution in [0.3, 0.4) is 0 Å². The van der Waals surface area contributed by atoms with Gasteiger partial charge in [-0.25, -0.2) is 0 Å². The van der Waals surface area contributed by atoms with Crippen LogP contribution in [-0.4, -0.2) is 30.1 Å². The van der Waals surface area contributed by atoms with Gasteiger partial charge in [0.2, 0.25) is 5.91 Å². The lowest BCUT2D eigenvalue weighted by molar-refractivity contribution is -0.141. The standard InChI is InChI=1S/C15H18ClNO4/c16-12-3-5-13(6-4-12)21-8-7-17-14(18)10-1-2-11(9-10)15(19)20/h3-6,10-11H,1-2,7-9H2,(H,17,18)(H,19,20)/t10-,11+/m0/s1. The normalized spacial score (nSPS) is 21.0. The molecule has 0 unspecified atom stereocenters. The molecule has 0 radical (unpaired) electrons. The van der Waals surface area contributed by atoms with Crippen LogP contribution in [0.15, 0.2) is 24.3 Å². The summed E-state index contributed by atoms with van der Waals surface area (Å²) in [7, 11) is 0. The van der Waals surface area contributed by atoms with Crippen LogP contribution >= 0.6 is 11.6 Å². The maximum atomic E-state index is 11.9. The lowest BCUT2D eigenvalue weighted by Gasteiger charge is -2.11. The number of carbonyl (C=O) groups excluding carboxylic acids is 1. The van der Waals surface area contributed by atoms with Gasteiger partial charge in [-0.1, -0.05) is 11.6 Å². The molecule has 2 N–H and O–H groups in total. The van der Waals surface area contributed by atoms with Crippen LogP contribution in [0.1, 0.15) is 19.3 Å². The maximum absolute atomic E-state index is 11.9. The summed E-state index contributed by atoms with van der Waals surface area (Å²) < 4.78 is 5.47. The van der Waals surface area contributed by atoms with Gasteiger partial charge in [0.15, 0.2) is 0 Å². The first-order valence-electron chi connectivity index (χ1n) is 6.95. The Labute approximate surface area is 128 Å². The molecular weight excluding hydrogens is 294 g/mol. The average molecular weight is 312 g/mol. The number of ether oxygens (including phenoxy) is 1. The summed E-state index contributed by atoms with van der Waals surface area (Å²) in [5.74, 6) is -0.775. The van der Waals surface area contributed by atoms with E-state index in [2.05, 4.69) is 5.32 Å². The molecule has 1 fully saturated rings. The maximum Gasteiger partial charge on any atom is 0.306 e. The van der Waals surface area contributed by atoms with E-state index in [1.807, 2.05) is 0 Å². The Bertz CT molecular complexity index is 503. The van der Waals surface area contributed by atoms with Crippen LogP contribution in [0.25, 0.3) is 0 Å². The van der Waals surface area contributed by atoms with Gasteiger partial charge in [0.05, 0.1) is 12.5 Å². The van der Waals surface area contributed by atoms with Crippen molar-refractivity contribution in [1.82, 2.24) is 5.32 Å². The molecule has 1 aromatic carbocycles. The highest BCUT2D eigenvalue weighted by Crippen LogP contribution is 2.31. The largest absolute Gasteiger partial charge is 0.492 e. The molecule has 0 bridgehead atoms. The van der Waals surface area contributed by atoms with Gasteiger partial charge >= 0.3 is 5.97 Å². The first-order valence-corrected chi connectivity index (χ1v) is 7.33. The molecule has 6 heteroatoms. The predicted octanol–water partition coefficient (Wildman–Crippen LogP) is 2.34. The van der Waals surface area contributed by atoms with Crippen LogP contribution < -0.4 is 10.1 Å². The third-order valence-electron chi connectivity index (χ3n) is 3.64. The van der Waals surface area contributed by atoms with Crippen molar-refractivity contribution in [3.8, 4) is 5.75 Å². The van der Waals surface area contributed by atoms with Crippen molar-refractivity contribution >= 4 is 23.5 Å². The Morgan fingerprint density at radius 3 is 2.52 bits per heavy atom. The Hall–Kier alpha value is -1.75. The molecule has 2 atom stereocenters. The van der Waals surface area contributed by atoms with E-state index < -0.39 is 5.97 Å². The zero-order valence-electron chi connectivity index (χ0n) is 11.5. The second-order valence-corrected chi connectivity index (χ2v) is 5.57. The molecule has 1 aromatic rings. The molecule has 1 aliphatic rings. The van der Waals surface area contributed by atoms with Crippen molar-refractivity contribution in [2.75, 3.05) is 13.2 Å². The van der Waals surface area contributed by atoms with E-state index >= 15 is 0 Å². The molecule has 0 heterocycles. The molecule has 5 nitrogen and oxygen atoms in total. The number of halogens is 1. The number of aliphatic carboxylic acids is 1. The lowest BCUT2D eigenvalue weighted by atomic mass is 10.0. The number of rotatable bonds is 6. The first-order chi connectivity index (χ1) is 10.1. The predicted molar refractivity (Wildman–Crippen MR) is 78.4 cm³/mol. The molecule has 114 valence electrons. The topological polar surface area (TPSA) is 75.6 Å². The summed E-state index contributed by atoms with van der Waals surface area (Å²) in [5, 5.41) is 12.3. The van der Waals surface area contributed by atoms with Crippen molar-refractivity contribution in [3.63, 3.8) is 0 Å². The third-order valence-corrected chi connectivity index (χ3v) is 3.89.